The molecule has 6 nitrogen and oxygen atoms in total. The average molecular weight is 501 g/mol. The van der Waals surface area contributed by atoms with Crippen LogP contribution in [0.5, 0.6) is 0 Å². The van der Waals surface area contributed by atoms with Crippen LogP contribution in [0, 0.1) is 0 Å². The highest BCUT2D eigenvalue weighted by Gasteiger charge is 2.55. The summed E-state index contributed by atoms with van der Waals surface area (Å²) in [6.07, 6.45) is 0.811. The molecule has 2 atom stereocenters. The van der Waals surface area contributed by atoms with Gasteiger partial charge < -0.3 is 0 Å². The molecule has 0 bridgehead atoms. The van der Waals surface area contributed by atoms with Gasteiger partial charge in [0.1, 0.15) is 12.3 Å². The first-order valence-corrected chi connectivity index (χ1v) is 13.2. The standard InChI is InChI=1S/C32H28N4O2/c37-31(25-13-3-1-4-14-25)34-22-20-24-12-8-10-18-28(24)30-35(34)29-27-17-9-7-11-23(27)19-21-33(29)36(30)32(38)26-15-5-2-6-16-26/h1-18,29-30H,19-22H2. The summed E-state index contributed by atoms with van der Waals surface area (Å²) in [7, 11) is 0. The average Bonchev–Trinajstić information content (AvgIpc) is 3.23. The molecule has 188 valence electrons. The van der Waals surface area contributed by atoms with Gasteiger partial charge in [-0.05, 0) is 59.4 Å². The third-order valence-electron chi connectivity index (χ3n) is 7.92. The van der Waals surface area contributed by atoms with Crippen molar-refractivity contribution in [1.82, 2.24) is 20.0 Å². The Hall–Kier alpha value is -4.26. The van der Waals surface area contributed by atoms with E-state index in [2.05, 4.69) is 40.3 Å². The van der Waals surface area contributed by atoms with Crippen molar-refractivity contribution in [3.63, 3.8) is 0 Å². The molecule has 0 aliphatic carbocycles. The Morgan fingerprint density at radius 2 is 1.05 bits per heavy atom. The van der Waals surface area contributed by atoms with Gasteiger partial charge in [0.25, 0.3) is 11.8 Å². The molecule has 3 heterocycles. The number of carbonyl (C=O) groups is 2. The van der Waals surface area contributed by atoms with E-state index in [-0.39, 0.29) is 18.0 Å². The number of carbonyl (C=O) groups excluding carboxylic acids is 2. The summed E-state index contributed by atoms with van der Waals surface area (Å²) in [4.78, 5) is 28.4. The van der Waals surface area contributed by atoms with Crippen LogP contribution in [-0.2, 0) is 12.8 Å². The molecule has 6 heteroatoms. The molecule has 7 rings (SSSR count). The summed E-state index contributed by atoms with van der Waals surface area (Å²) in [5.41, 5.74) is 5.88. The molecular formula is C32H28N4O2. The summed E-state index contributed by atoms with van der Waals surface area (Å²) >= 11 is 0. The van der Waals surface area contributed by atoms with Gasteiger partial charge in [-0.1, -0.05) is 84.9 Å². The molecule has 1 fully saturated rings. The number of hydrogen-bond acceptors (Lipinski definition) is 4. The predicted molar refractivity (Wildman–Crippen MR) is 144 cm³/mol. The highest BCUT2D eigenvalue weighted by Crippen LogP contribution is 2.50. The Labute approximate surface area is 222 Å². The largest absolute Gasteiger partial charge is 0.270 e. The lowest BCUT2D eigenvalue weighted by atomic mass is 9.98. The van der Waals surface area contributed by atoms with E-state index < -0.39 is 6.17 Å². The van der Waals surface area contributed by atoms with Crippen molar-refractivity contribution in [3.05, 3.63) is 143 Å². The van der Waals surface area contributed by atoms with Crippen LogP contribution in [0.1, 0.15) is 55.3 Å². The molecule has 4 aromatic rings. The highest BCUT2D eigenvalue weighted by molar-refractivity contribution is 5.95. The van der Waals surface area contributed by atoms with Crippen LogP contribution in [0.25, 0.3) is 0 Å². The molecule has 0 N–H and O–H groups in total. The first kappa shape index (κ1) is 22.9. The second kappa shape index (κ2) is 9.24. The van der Waals surface area contributed by atoms with Crippen molar-refractivity contribution < 1.29 is 9.59 Å². The summed E-state index contributed by atoms with van der Waals surface area (Å²) in [5.74, 6) is -0.119. The van der Waals surface area contributed by atoms with E-state index in [1.807, 2.05) is 88.9 Å². The van der Waals surface area contributed by atoms with E-state index in [1.54, 1.807) is 0 Å². The van der Waals surface area contributed by atoms with Gasteiger partial charge >= 0.3 is 0 Å². The fraction of sp³-hybridized carbons (Fsp3) is 0.188. The summed E-state index contributed by atoms with van der Waals surface area (Å²) in [6, 6.07) is 35.6. The van der Waals surface area contributed by atoms with Crippen LogP contribution < -0.4 is 0 Å². The first-order chi connectivity index (χ1) is 18.7. The van der Waals surface area contributed by atoms with Gasteiger partial charge in [-0.15, -0.1) is 0 Å². The Morgan fingerprint density at radius 1 is 0.553 bits per heavy atom. The van der Waals surface area contributed by atoms with Gasteiger partial charge in [-0.3, -0.25) is 14.6 Å². The van der Waals surface area contributed by atoms with Crippen molar-refractivity contribution in [2.75, 3.05) is 13.1 Å². The molecular weight excluding hydrogens is 472 g/mol. The number of benzene rings is 4. The molecule has 3 aliphatic heterocycles. The van der Waals surface area contributed by atoms with Gasteiger partial charge in [0.2, 0.25) is 0 Å². The zero-order valence-electron chi connectivity index (χ0n) is 21.0. The van der Waals surface area contributed by atoms with Crippen LogP contribution in [0.3, 0.4) is 0 Å². The van der Waals surface area contributed by atoms with E-state index in [1.165, 1.54) is 5.56 Å². The van der Waals surface area contributed by atoms with Crippen molar-refractivity contribution in [2.45, 2.75) is 25.2 Å². The molecule has 0 saturated carbocycles. The summed E-state index contributed by atoms with van der Waals surface area (Å²) in [6.45, 7) is 1.21. The normalized spacial score (nSPS) is 20.6. The second-order valence-electron chi connectivity index (χ2n) is 10.00. The predicted octanol–water partition coefficient (Wildman–Crippen LogP) is 5.23. The topological polar surface area (TPSA) is 47.1 Å². The van der Waals surface area contributed by atoms with Crippen LogP contribution in [-0.4, -0.2) is 44.9 Å². The van der Waals surface area contributed by atoms with Gasteiger partial charge in [0.15, 0.2) is 0 Å². The lowest BCUT2D eigenvalue weighted by Crippen LogP contribution is -2.49. The molecule has 0 spiro atoms. The number of hydrazine groups is 2. The molecule has 3 aliphatic rings. The highest BCUT2D eigenvalue weighted by atomic mass is 16.2. The van der Waals surface area contributed by atoms with Crippen molar-refractivity contribution >= 4 is 11.8 Å². The SMILES string of the molecule is O=C(c1ccccc1)N1CCc2ccccc2C2N(C(=O)c3ccccc3)N3CCc4ccccc4C3N21. The molecule has 2 amide bonds. The number of fused-ring (bicyclic) bond motifs is 7. The molecule has 0 radical (unpaired) electrons. The molecule has 38 heavy (non-hydrogen) atoms. The van der Waals surface area contributed by atoms with E-state index in [0.717, 1.165) is 23.1 Å². The first-order valence-electron chi connectivity index (χ1n) is 13.2. The Balaban J connectivity index is 1.45. The molecule has 4 aromatic carbocycles. The van der Waals surface area contributed by atoms with E-state index >= 15 is 0 Å². The van der Waals surface area contributed by atoms with Crippen LogP contribution in [0.15, 0.2) is 109 Å². The van der Waals surface area contributed by atoms with Crippen LogP contribution >= 0.6 is 0 Å². The zero-order chi connectivity index (χ0) is 25.6. The zero-order valence-corrected chi connectivity index (χ0v) is 21.0. The number of amides is 2. The van der Waals surface area contributed by atoms with Gasteiger partial charge in [0.05, 0.1) is 0 Å². The van der Waals surface area contributed by atoms with Crippen molar-refractivity contribution in [1.29, 1.82) is 0 Å². The van der Waals surface area contributed by atoms with Crippen molar-refractivity contribution in [2.24, 2.45) is 0 Å². The molecule has 1 saturated heterocycles. The maximum atomic E-state index is 14.3. The minimum Gasteiger partial charge on any atom is -0.268 e. The molecule has 0 aromatic heterocycles. The van der Waals surface area contributed by atoms with Crippen LogP contribution in [0.2, 0.25) is 0 Å². The number of hydrogen-bond donors (Lipinski definition) is 0. The summed E-state index contributed by atoms with van der Waals surface area (Å²) < 4.78 is 0. The fourth-order valence-electron chi connectivity index (χ4n) is 6.19. The second-order valence-corrected chi connectivity index (χ2v) is 10.00. The maximum Gasteiger partial charge on any atom is 0.270 e. The third kappa shape index (κ3) is 3.56. The smallest absolute Gasteiger partial charge is 0.268 e. The van der Waals surface area contributed by atoms with Crippen LogP contribution in [0.4, 0.5) is 0 Å². The van der Waals surface area contributed by atoms with E-state index in [0.29, 0.717) is 30.6 Å². The van der Waals surface area contributed by atoms with E-state index in [9.17, 15) is 9.59 Å². The Morgan fingerprint density at radius 3 is 1.68 bits per heavy atom. The Kier molecular flexibility index (Phi) is 5.57. The van der Waals surface area contributed by atoms with Gasteiger partial charge in [-0.25, -0.2) is 5.01 Å². The number of rotatable bonds is 2. The van der Waals surface area contributed by atoms with Gasteiger partial charge in [0, 0.05) is 24.2 Å². The quantitative estimate of drug-likeness (QED) is 0.378. The minimum atomic E-state index is -0.453. The lowest BCUT2D eigenvalue weighted by Gasteiger charge is -2.40. The minimum absolute atomic E-state index is 0.0552. The lowest BCUT2D eigenvalue weighted by molar-refractivity contribution is -0.0629. The Bertz CT molecular complexity index is 1510. The van der Waals surface area contributed by atoms with E-state index in [4.69, 9.17) is 0 Å². The maximum absolute atomic E-state index is 14.3. The summed E-state index contributed by atoms with van der Waals surface area (Å²) in [5, 5.41) is 8.14. The van der Waals surface area contributed by atoms with Gasteiger partial charge in [-0.2, -0.15) is 10.0 Å². The van der Waals surface area contributed by atoms with Crippen molar-refractivity contribution in [3.8, 4) is 0 Å². The third-order valence-corrected chi connectivity index (χ3v) is 7.92. The number of nitrogens with zero attached hydrogens (tertiary/aromatic N) is 4. The monoisotopic (exact) mass is 500 g/mol. The molecule has 2 unspecified atom stereocenters. The fourth-order valence-corrected chi connectivity index (χ4v) is 6.19.